The number of ether oxygens (including phenoxy) is 2. The standard InChI is InChI=1S/C23H24ClN3O4/c1-15(2)27(14-21-25-26-23(31-21)17-7-5-6-8-18(17)24)22(28)12-10-16-9-11-19(29-3)20(13-16)30-4/h5-13,15H,14H2,1-4H3/b12-10+. The van der Waals surface area contributed by atoms with Gasteiger partial charge in [0.25, 0.3) is 0 Å². The van der Waals surface area contributed by atoms with E-state index in [-0.39, 0.29) is 18.5 Å². The van der Waals surface area contributed by atoms with Gasteiger partial charge in [0.2, 0.25) is 17.7 Å². The Labute approximate surface area is 186 Å². The van der Waals surface area contributed by atoms with Crippen LogP contribution in [0.4, 0.5) is 0 Å². The van der Waals surface area contributed by atoms with E-state index in [0.29, 0.717) is 33.9 Å². The van der Waals surface area contributed by atoms with Crippen LogP contribution in [-0.4, -0.2) is 41.3 Å². The molecule has 0 fully saturated rings. The molecule has 162 valence electrons. The molecule has 0 unspecified atom stereocenters. The second-order valence-electron chi connectivity index (χ2n) is 6.99. The first-order valence-corrected chi connectivity index (χ1v) is 10.1. The molecule has 1 aromatic heterocycles. The van der Waals surface area contributed by atoms with Crippen LogP contribution in [0.3, 0.4) is 0 Å². The van der Waals surface area contributed by atoms with E-state index < -0.39 is 0 Å². The van der Waals surface area contributed by atoms with Crippen LogP contribution in [0.5, 0.6) is 11.5 Å². The number of benzene rings is 2. The smallest absolute Gasteiger partial charge is 0.249 e. The van der Waals surface area contributed by atoms with Gasteiger partial charge in [0, 0.05) is 12.1 Å². The van der Waals surface area contributed by atoms with Crippen LogP contribution in [0.1, 0.15) is 25.3 Å². The number of nitrogens with zero attached hydrogens (tertiary/aromatic N) is 3. The quantitative estimate of drug-likeness (QED) is 0.464. The molecular weight excluding hydrogens is 418 g/mol. The fourth-order valence-electron chi connectivity index (χ4n) is 2.94. The first kappa shape index (κ1) is 22.4. The summed E-state index contributed by atoms with van der Waals surface area (Å²) in [5.41, 5.74) is 1.46. The number of methoxy groups -OCH3 is 2. The zero-order valence-electron chi connectivity index (χ0n) is 17.8. The lowest BCUT2D eigenvalue weighted by Crippen LogP contribution is -2.35. The van der Waals surface area contributed by atoms with Gasteiger partial charge in [-0.15, -0.1) is 10.2 Å². The van der Waals surface area contributed by atoms with Crippen molar-refractivity contribution in [3.8, 4) is 23.0 Å². The zero-order valence-corrected chi connectivity index (χ0v) is 18.6. The molecule has 0 spiro atoms. The van der Waals surface area contributed by atoms with Crippen LogP contribution in [0, 0.1) is 0 Å². The maximum absolute atomic E-state index is 12.8. The predicted octanol–water partition coefficient (Wildman–Crippen LogP) is 4.86. The number of aromatic nitrogens is 2. The van der Waals surface area contributed by atoms with Gasteiger partial charge in [-0.2, -0.15) is 0 Å². The predicted molar refractivity (Wildman–Crippen MR) is 119 cm³/mol. The fourth-order valence-corrected chi connectivity index (χ4v) is 3.16. The molecule has 0 saturated heterocycles. The van der Waals surface area contributed by atoms with Crippen LogP contribution < -0.4 is 9.47 Å². The minimum Gasteiger partial charge on any atom is -0.493 e. The Hall–Kier alpha value is -3.32. The minimum absolute atomic E-state index is 0.0711. The summed E-state index contributed by atoms with van der Waals surface area (Å²) in [4.78, 5) is 14.5. The molecule has 1 heterocycles. The lowest BCUT2D eigenvalue weighted by molar-refractivity contribution is -0.128. The van der Waals surface area contributed by atoms with Crippen molar-refractivity contribution in [2.45, 2.75) is 26.4 Å². The Bertz CT molecular complexity index is 1080. The van der Waals surface area contributed by atoms with Gasteiger partial charge in [-0.3, -0.25) is 4.79 Å². The third-order valence-corrected chi connectivity index (χ3v) is 4.94. The van der Waals surface area contributed by atoms with Crippen molar-refractivity contribution in [2.24, 2.45) is 0 Å². The second-order valence-corrected chi connectivity index (χ2v) is 7.40. The van der Waals surface area contributed by atoms with Crippen LogP contribution in [0.15, 0.2) is 53.0 Å². The summed E-state index contributed by atoms with van der Waals surface area (Å²) in [6, 6.07) is 12.6. The molecule has 3 rings (SSSR count). The molecule has 0 atom stereocenters. The maximum atomic E-state index is 12.8. The zero-order chi connectivity index (χ0) is 22.4. The fraction of sp³-hybridized carbons (Fsp3) is 0.261. The number of carbonyl (C=O) groups excluding carboxylic acids is 1. The summed E-state index contributed by atoms with van der Waals surface area (Å²) in [5.74, 6) is 1.69. The van der Waals surface area contributed by atoms with Crippen molar-refractivity contribution in [1.29, 1.82) is 0 Å². The Morgan fingerprint density at radius 1 is 1.13 bits per heavy atom. The summed E-state index contributed by atoms with van der Waals surface area (Å²) in [6.07, 6.45) is 3.23. The number of amides is 1. The minimum atomic E-state index is -0.178. The maximum Gasteiger partial charge on any atom is 0.249 e. The number of halogens is 1. The lowest BCUT2D eigenvalue weighted by Gasteiger charge is -2.23. The molecule has 2 aromatic carbocycles. The molecular formula is C23H24ClN3O4. The van der Waals surface area contributed by atoms with Crippen molar-refractivity contribution < 1.29 is 18.7 Å². The van der Waals surface area contributed by atoms with Crippen LogP contribution in [0.2, 0.25) is 5.02 Å². The van der Waals surface area contributed by atoms with Crippen molar-refractivity contribution >= 4 is 23.6 Å². The average molecular weight is 442 g/mol. The Balaban J connectivity index is 1.75. The summed E-state index contributed by atoms with van der Waals surface area (Å²) in [7, 11) is 3.14. The highest BCUT2D eigenvalue weighted by Gasteiger charge is 2.19. The molecule has 0 aliphatic heterocycles. The van der Waals surface area contributed by atoms with Crippen molar-refractivity contribution in [3.63, 3.8) is 0 Å². The van der Waals surface area contributed by atoms with E-state index in [2.05, 4.69) is 10.2 Å². The highest BCUT2D eigenvalue weighted by Crippen LogP contribution is 2.28. The highest BCUT2D eigenvalue weighted by molar-refractivity contribution is 6.33. The Kier molecular flexibility index (Phi) is 7.31. The van der Waals surface area contributed by atoms with E-state index >= 15 is 0 Å². The molecule has 8 heteroatoms. The summed E-state index contributed by atoms with van der Waals surface area (Å²) >= 11 is 6.20. The Morgan fingerprint density at radius 3 is 2.55 bits per heavy atom. The number of carbonyl (C=O) groups is 1. The van der Waals surface area contributed by atoms with E-state index in [1.165, 1.54) is 6.08 Å². The molecule has 0 radical (unpaired) electrons. The van der Waals surface area contributed by atoms with Gasteiger partial charge in [-0.25, -0.2) is 0 Å². The molecule has 0 saturated carbocycles. The average Bonchev–Trinajstić information content (AvgIpc) is 3.24. The molecule has 0 bridgehead atoms. The molecule has 0 aliphatic rings. The summed E-state index contributed by atoms with van der Waals surface area (Å²) < 4.78 is 16.3. The summed E-state index contributed by atoms with van der Waals surface area (Å²) in [5, 5.41) is 8.66. The Morgan fingerprint density at radius 2 is 1.87 bits per heavy atom. The monoisotopic (exact) mass is 441 g/mol. The largest absolute Gasteiger partial charge is 0.493 e. The van der Waals surface area contributed by atoms with Gasteiger partial charge in [0.1, 0.15) is 0 Å². The molecule has 3 aromatic rings. The third-order valence-electron chi connectivity index (χ3n) is 4.61. The molecule has 0 aliphatic carbocycles. The molecule has 0 N–H and O–H groups in total. The molecule has 31 heavy (non-hydrogen) atoms. The number of rotatable bonds is 8. The van der Waals surface area contributed by atoms with E-state index in [1.54, 1.807) is 49.5 Å². The van der Waals surface area contributed by atoms with Gasteiger partial charge in [0.15, 0.2) is 11.5 Å². The topological polar surface area (TPSA) is 77.7 Å². The van der Waals surface area contributed by atoms with E-state index in [4.69, 9.17) is 25.5 Å². The van der Waals surface area contributed by atoms with Crippen LogP contribution in [-0.2, 0) is 11.3 Å². The van der Waals surface area contributed by atoms with E-state index in [9.17, 15) is 4.79 Å². The lowest BCUT2D eigenvalue weighted by atomic mass is 10.1. The SMILES string of the molecule is COc1ccc(/C=C/C(=O)N(Cc2nnc(-c3ccccc3Cl)o2)C(C)C)cc1OC. The van der Waals surface area contributed by atoms with E-state index in [0.717, 1.165) is 5.56 Å². The number of hydrogen-bond donors (Lipinski definition) is 0. The normalized spacial score (nSPS) is 11.2. The van der Waals surface area contributed by atoms with Crippen molar-refractivity contribution in [1.82, 2.24) is 15.1 Å². The number of hydrogen-bond acceptors (Lipinski definition) is 6. The van der Waals surface area contributed by atoms with Crippen LogP contribution in [0.25, 0.3) is 17.5 Å². The van der Waals surface area contributed by atoms with Crippen molar-refractivity contribution in [2.75, 3.05) is 14.2 Å². The van der Waals surface area contributed by atoms with Crippen molar-refractivity contribution in [3.05, 3.63) is 65.0 Å². The van der Waals surface area contributed by atoms with Gasteiger partial charge in [-0.05, 0) is 49.8 Å². The van der Waals surface area contributed by atoms with Gasteiger partial charge in [0.05, 0.1) is 31.4 Å². The second kappa shape index (κ2) is 10.1. The highest BCUT2D eigenvalue weighted by atomic mass is 35.5. The molecule has 1 amide bonds. The van der Waals surface area contributed by atoms with Gasteiger partial charge < -0.3 is 18.8 Å². The summed E-state index contributed by atoms with van der Waals surface area (Å²) in [6.45, 7) is 4.03. The first-order chi connectivity index (χ1) is 14.9. The third kappa shape index (κ3) is 5.44. The first-order valence-electron chi connectivity index (χ1n) is 9.71. The van der Waals surface area contributed by atoms with E-state index in [1.807, 2.05) is 32.0 Å². The van der Waals surface area contributed by atoms with Gasteiger partial charge >= 0.3 is 0 Å². The van der Waals surface area contributed by atoms with Gasteiger partial charge in [-0.1, -0.05) is 29.8 Å². The molecule has 7 nitrogen and oxygen atoms in total. The van der Waals surface area contributed by atoms with Crippen LogP contribution >= 0.6 is 11.6 Å².